The number of benzene rings is 1. The van der Waals surface area contributed by atoms with Crippen molar-refractivity contribution in [2.24, 2.45) is 0 Å². The molecule has 0 aliphatic carbocycles. The topological polar surface area (TPSA) is 0 Å². The Morgan fingerprint density at radius 1 is 1.30 bits per heavy atom. The summed E-state index contributed by atoms with van der Waals surface area (Å²) >= 11 is 4.37. The van der Waals surface area contributed by atoms with Gasteiger partial charge in [0, 0.05) is 5.75 Å². The molecule has 56 valence electrons. The summed E-state index contributed by atoms with van der Waals surface area (Å²) in [6, 6.07) is 10.5. The minimum absolute atomic E-state index is 0.0823. The van der Waals surface area contributed by atoms with Gasteiger partial charge in [-0.1, -0.05) is 30.3 Å². The standard InChI is InChI=1S/C8H12S2/c1-10(9)7-8-5-3-2-4-6-8/h2-6,9-10H,7H2,1H3. The minimum Gasteiger partial charge on any atom is -0.206 e. The first kappa shape index (κ1) is 8.02. The average Bonchev–Trinajstić information content (AvgIpc) is 1.88. The molecule has 1 rings (SSSR count). The van der Waals surface area contributed by atoms with E-state index in [1.165, 1.54) is 5.56 Å². The van der Waals surface area contributed by atoms with Gasteiger partial charge >= 0.3 is 0 Å². The van der Waals surface area contributed by atoms with E-state index < -0.39 is 0 Å². The van der Waals surface area contributed by atoms with Crippen molar-refractivity contribution in [3.63, 3.8) is 0 Å². The van der Waals surface area contributed by atoms with Crippen LogP contribution in [-0.2, 0) is 5.75 Å². The molecule has 1 aromatic carbocycles. The summed E-state index contributed by atoms with van der Waals surface area (Å²) in [5.41, 5.74) is 1.39. The lowest BCUT2D eigenvalue weighted by Crippen LogP contribution is -1.79. The van der Waals surface area contributed by atoms with Gasteiger partial charge in [0.05, 0.1) is 0 Å². The van der Waals surface area contributed by atoms with E-state index in [-0.39, 0.29) is 9.93 Å². The van der Waals surface area contributed by atoms with Crippen LogP contribution in [0.5, 0.6) is 0 Å². The Morgan fingerprint density at radius 3 is 2.40 bits per heavy atom. The average molecular weight is 172 g/mol. The van der Waals surface area contributed by atoms with Crippen LogP contribution in [0.1, 0.15) is 5.56 Å². The van der Waals surface area contributed by atoms with Gasteiger partial charge in [-0.05, 0) is 11.8 Å². The van der Waals surface area contributed by atoms with Crippen LogP contribution < -0.4 is 0 Å². The molecule has 1 aromatic rings. The molecule has 0 spiro atoms. The maximum Gasteiger partial charge on any atom is 0.00795 e. The molecular weight excluding hydrogens is 160 g/mol. The van der Waals surface area contributed by atoms with Crippen LogP contribution in [0.15, 0.2) is 30.3 Å². The zero-order chi connectivity index (χ0) is 7.40. The lowest BCUT2D eigenvalue weighted by Gasteiger charge is -2.06. The molecule has 0 heterocycles. The van der Waals surface area contributed by atoms with Gasteiger partial charge < -0.3 is 0 Å². The van der Waals surface area contributed by atoms with Gasteiger partial charge in [-0.2, -0.15) is 0 Å². The van der Waals surface area contributed by atoms with Crippen molar-refractivity contribution in [2.75, 3.05) is 6.26 Å². The predicted molar refractivity (Wildman–Crippen MR) is 54.0 cm³/mol. The van der Waals surface area contributed by atoms with Gasteiger partial charge in [-0.3, -0.25) is 0 Å². The van der Waals surface area contributed by atoms with Crippen molar-refractivity contribution in [1.29, 1.82) is 0 Å². The van der Waals surface area contributed by atoms with Gasteiger partial charge in [0.2, 0.25) is 0 Å². The highest BCUT2D eigenvalue weighted by molar-refractivity contribution is 8.77. The molecule has 1 atom stereocenters. The summed E-state index contributed by atoms with van der Waals surface area (Å²) in [5.74, 6) is 1.12. The summed E-state index contributed by atoms with van der Waals surface area (Å²) in [7, 11) is -0.0823. The van der Waals surface area contributed by atoms with E-state index in [4.69, 9.17) is 0 Å². The van der Waals surface area contributed by atoms with E-state index in [2.05, 4.69) is 42.2 Å². The van der Waals surface area contributed by atoms with E-state index in [0.717, 1.165) is 5.75 Å². The summed E-state index contributed by atoms with van der Waals surface area (Å²) < 4.78 is 0. The van der Waals surface area contributed by atoms with E-state index in [9.17, 15) is 0 Å². The molecule has 0 saturated heterocycles. The third-order valence-electron chi connectivity index (χ3n) is 1.25. The van der Waals surface area contributed by atoms with Crippen molar-refractivity contribution in [3.05, 3.63) is 35.9 Å². The molecule has 0 amide bonds. The van der Waals surface area contributed by atoms with Gasteiger partial charge in [0.15, 0.2) is 0 Å². The zero-order valence-electron chi connectivity index (χ0n) is 5.99. The first-order valence-corrected chi connectivity index (χ1v) is 6.35. The Labute approximate surface area is 69.8 Å². The fraction of sp³-hybridized carbons (Fsp3) is 0.250. The lowest BCUT2D eigenvalue weighted by molar-refractivity contribution is 1.42. The summed E-state index contributed by atoms with van der Waals surface area (Å²) in [5, 5.41) is 0. The number of rotatable bonds is 2. The third kappa shape index (κ3) is 2.67. The monoisotopic (exact) mass is 172 g/mol. The summed E-state index contributed by atoms with van der Waals surface area (Å²) in [4.78, 5) is 0. The van der Waals surface area contributed by atoms with Gasteiger partial charge in [0.25, 0.3) is 0 Å². The molecule has 1 unspecified atom stereocenters. The van der Waals surface area contributed by atoms with Crippen molar-refractivity contribution >= 4 is 21.6 Å². The molecule has 0 N–H and O–H groups in total. The smallest absolute Gasteiger partial charge is 0.00795 e. The Hall–Kier alpha value is -0.0800. The van der Waals surface area contributed by atoms with Crippen LogP contribution in [0.2, 0.25) is 0 Å². The molecule has 0 aliphatic rings. The molecule has 0 fully saturated rings. The van der Waals surface area contributed by atoms with Crippen LogP contribution >= 0.6 is 21.6 Å². The normalized spacial score (nSPS) is 14.8. The maximum absolute atomic E-state index is 4.37. The van der Waals surface area contributed by atoms with E-state index >= 15 is 0 Å². The highest BCUT2D eigenvalue weighted by Crippen LogP contribution is 2.29. The molecule has 0 radical (unpaired) electrons. The van der Waals surface area contributed by atoms with Crippen molar-refractivity contribution in [1.82, 2.24) is 0 Å². The summed E-state index contributed by atoms with van der Waals surface area (Å²) in [6.45, 7) is 0. The van der Waals surface area contributed by atoms with Gasteiger partial charge in [-0.25, -0.2) is 9.93 Å². The fourth-order valence-corrected chi connectivity index (χ4v) is 2.08. The Morgan fingerprint density at radius 2 is 1.90 bits per heavy atom. The van der Waals surface area contributed by atoms with Crippen LogP contribution in [0.4, 0.5) is 0 Å². The van der Waals surface area contributed by atoms with E-state index in [1.54, 1.807) is 0 Å². The van der Waals surface area contributed by atoms with E-state index in [0.29, 0.717) is 0 Å². The SMILES string of the molecule is C[SH](S)Cc1ccccc1. The van der Waals surface area contributed by atoms with Crippen LogP contribution in [0, 0.1) is 0 Å². The minimum atomic E-state index is -0.0823. The first-order chi connectivity index (χ1) is 4.79. The van der Waals surface area contributed by atoms with Crippen LogP contribution in [0.3, 0.4) is 0 Å². The lowest BCUT2D eigenvalue weighted by atomic mass is 10.2. The second-order valence-electron chi connectivity index (χ2n) is 2.30. The highest BCUT2D eigenvalue weighted by Gasteiger charge is 1.91. The quantitative estimate of drug-likeness (QED) is 0.497. The Balaban J connectivity index is 2.59. The predicted octanol–water partition coefficient (Wildman–Crippen LogP) is 2.66. The van der Waals surface area contributed by atoms with Gasteiger partial charge in [0.1, 0.15) is 0 Å². The second-order valence-corrected chi connectivity index (χ2v) is 5.98. The molecule has 10 heavy (non-hydrogen) atoms. The third-order valence-corrected chi connectivity index (χ3v) is 2.50. The molecule has 2 heteroatoms. The molecule has 0 aromatic heterocycles. The largest absolute Gasteiger partial charge is 0.206 e. The van der Waals surface area contributed by atoms with Crippen LogP contribution in [-0.4, -0.2) is 6.26 Å². The highest BCUT2D eigenvalue weighted by atomic mass is 33.1. The summed E-state index contributed by atoms with van der Waals surface area (Å²) in [6.07, 6.45) is 2.17. The zero-order valence-corrected chi connectivity index (χ0v) is 7.78. The maximum atomic E-state index is 4.37. The number of thiol groups is 2. The molecule has 0 bridgehead atoms. The van der Waals surface area contributed by atoms with Crippen LogP contribution in [0.25, 0.3) is 0 Å². The molecule has 0 saturated carbocycles. The Kier molecular flexibility index (Phi) is 3.16. The number of hydrogen-bond acceptors (Lipinski definition) is 1. The second kappa shape index (κ2) is 3.94. The number of hydrogen-bond donors (Lipinski definition) is 2. The first-order valence-electron chi connectivity index (χ1n) is 3.23. The van der Waals surface area contributed by atoms with Gasteiger partial charge in [-0.15, -0.1) is 11.7 Å². The molecule has 0 nitrogen and oxygen atoms in total. The Bertz CT molecular complexity index is 182. The molecular formula is C8H12S2. The van der Waals surface area contributed by atoms with Crippen molar-refractivity contribution < 1.29 is 0 Å². The molecule has 0 aliphatic heterocycles. The van der Waals surface area contributed by atoms with Crippen molar-refractivity contribution in [2.45, 2.75) is 5.75 Å². The van der Waals surface area contributed by atoms with Crippen molar-refractivity contribution in [3.8, 4) is 0 Å². The van der Waals surface area contributed by atoms with E-state index in [1.807, 2.05) is 6.07 Å². The fourth-order valence-electron chi connectivity index (χ4n) is 0.848.